The van der Waals surface area contributed by atoms with Crippen molar-refractivity contribution in [3.63, 3.8) is 0 Å². The van der Waals surface area contributed by atoms with Crippen molar-refractivity contribution in [2.24, 2.45) is 5.92 Å². The Kier molecular flexibility index (Phi) is 6.73. The molecule has 1 rings (SSSR count). The summed E-state index contributed by atoms with van der Waals surface area (Å²) in [5.74, 6) is 0.429. The Morgan fingerprint density at radius 1 is 1.28 bits per heavy atom. The Morgan fingerprint density at radius 3 is 2.44 bits per heavy atom. The summed E-state index contributed by atoms with van der Waals surface area (Å²) < 4.78 is 0. The zero-order valence-electron chi connectivity index (χ0n) is 11.5. The molecule has 0 heterocycles. The van der Waals surface area contributed by atoms with Gasteiger partial charge < -0.3 is 10.4 Å². The number of rotatable bonds is 5. The van der Waals surface area contributed by atoms with Gasteiger partial charge in [0.1, 0.15) is 0 Å². The fraction of sp³-hybridized carbons (Fsp3) is 0.667. The van der Waals surface area contributed by atoms with Crippen molar-refractivity contribution in [2.45, 2.75) is 52.0 Å². The van der Waals surface area contributed by atoms with Crippen LogP contribution in [0, 0.1) is 5.92 Å². The fourth-order valence-electron chi connectivity index (χ4n) is 2.34. The van der Waals surface area contributed by atoms with E-state index in [1.165, 1.54) is 5.57 Å². The molecule has 1 amide bonds. The average molecular weight is 251 g/mol. The predicted octanol–water partition coefficient (Wildman–Crippen LogP) is 2.57. The molecule has 0 aromatic rings. The quantitative estimate of drug-likeness (QED) is 0.583. The van der Waals surface area contributed by atoms with E-state index >= 15 is 0 Å². The van der Waals surface area contributed by atoms with E-state index in [0.717, 1.165) is 32.1 Å². The van der Waals surface area contributed by atoms with E-state index in [2.05, 4.69) is 12.2 Å². The molecule has 1 saturated carbocycles. The zero-order valence-corrected chi connectivity index (χ0v) is 11.5. The van der Waals surface area contributed by atoms with Crippen LogP contribution in [0.3, 0.4) is 0 Å². The second kappa shape index (κ2) is 8.09. The first-order valence-electron chi connectivity index (χ1n) is 6.94. The molecule has 2 N–H and O–H groups in total. The van der Waals surface area contributed by atoms with Gasteiger partial charge in [-0.1, -0.05) is 24.6 Å². The van der Waals surface area contributed by atoms with Crippen LogP contribution in [0.2, 0.25) is 0 Å². The third-order valence-corrected chi connectivity index (χ3v) is 3.68. The molecule has 0 spiro atoms. The van der Waals surface area contributed by atoms with Crippen molar-refractivity contribution in [1.82, 2.24) is 5.32 Å². The van der Waals surface area contributed by atoms with E-state index in [-0.39, 0.29) is 18.6 Å². The van der Waals surface area contributed by atoms with Crippen LogP contribution in [0.5, 0.6) is 0 Å². The molecule has 3 heteroatoms. The van der Waals surface area contributed by atoms with Crippen LogP contribution in [-0.4, -0.2) is 23.7 Å². The van der Waals surface area contributed by atoms with Gasteiger partial charge in [0.2, 0.25) is 5.91 Å². The average Bonchev–Trinajstić information content (AvgIpc) is 2.41. The van der Waals surface area contributed by atoms with Crippen LogP contribution < -0.4 is 5.32 Å². The van der Waals surface area contributed by atoms with Crippen LogP contribution in [0.1, 0.15) is 46.0 Å². The highest BCUT2D eigenvalue weighted by Gasteiger charge is 2.20. The lowest BCUT2D eigenvalue weighted by Crippen LogP contribution is -2.37. The highest BCUT2D eigenvalue weighted by molar-refractivity contribution is 5.88. The molecule has 0 bridgehead atoms. The lowest BCUT2D eigenvalue weighted by atomic mass is 9.86. The lowest BCUT2D eigenvalue weighted by molar-refractivity contribution is -0.117. The van der Waals surface area contributed by atoms with Gasteiger partial charge in [-0.2, -0.15) is 0 Å². The minimum Gasteiger partial charge on any atom is -0.396 e. The molecule has 0 aromatic carbocycles. The largest absolute Gasteiger partial charge is 0.396 e. The van der Waals surface area contributed by atoms with Gasteiger partial charge in [-0.25, -0.2) is 0 Å². The maximum absolute atomic E-state index is 11.7. The van der Waals surface area contributed by atoms with Crippen molar-refractivity contribution >= 4 is 5.91 Å². The Balaban J connectivity index is 2.33. The third kappa shape index (κ3) is 5.05. The highest BCUT2D eigenvalue weighted by Crippen LogP contribution is 2.23. The fourth-order valence-corrected chi connectivity index (χ4v) is 2.34. The first-order chi connectivity index (χ1) is 8.69. The SMILES string of the molecule is CC=C(C=CC(=O)NC1CCC(CO)CC1)CC. The smallest absolute Gasteiger partial charge is 0.244 e. The van der Waals surface area contributed by atoms with Crippen molar-refractivity contribution in [1.29, 1.82) is 0 Å². The standard InChI is InChI=1S/C15H25NO2/c1-3-12(4-2)7-10-15(18)16-14-8-5-13(11-17)6-9-14/h3,7,10,13-14,17H,4-6,8-9,11H2,1-2H3,(H,16,18). The van der Waals surface area contributed by atoms with E-state index in [0.29, 0.717) is 5.92 Å². The summed E-state index contributed by atoms with van der Waals surface area (Å²) >= 11 is 0. The third-order valence-electron chi connectivity index (χ3n) is 3.68. The van der Waals surface area contributed by atoms with Crippen LogP contribution in [0.15, 0.2) is 23.8 Å². The van der Waals surface area contributed by atoms with Crippen LogP contribution >= 0.6 is 0 Å². The highest BCUT2D eigenvalue weighted by atomic mass is 16.3. The van der Waals surface area contributed by atoms with E-state index in [4.69, 9.17) is 5.11 Å². The monoisotopic (exact) mass is 251 g/mol. The van der Waals surface area contributed by atoms with Gasteiger partial charge >= 0.3 is 0 Å². The maximum Gasteiger partial charge on any atom is 0.244 e. The first kappa shape index (κ1) is 15.0. The van der Waals surface area contributed by atoms with Crippen molar-refractivity contribution in [2.75, 3.05) is 6.61 Å². The van der Waals surface area contributed by atoms with Gasteiger partial charge in [0.15, 0.2) is 0 Å². The minimum absolute atomic E-state index is 0.00440. The second-order valence-corrected chi connectivity index (χ2v) is 4.96. The Morgan fingerprint density at radius 2 is 1.94 bits per heavy atom. The van der Waals surface area contributed by atoms with Gasteiger partial charge in [-0.3, -0.25) is 4.79 Å². The Bertz CT molecular complexity index is 312. The second-order valence-electron chi connectivity index (χ2n) is 4.96. The van der Waals surface area contributed by atoms with Gasteiger partial charge in [0, 0.05) is 18.7 Å². The normalized spacial score (nSPS) is 25.4. The van der Waals surface area contributed by atoms with E-state index in [1.807, 2.05) is 19.1 Å². The number of hydrogen-bond acceptors (Lipinski definition) is 2. The van der Waals surface area contributed by atoms with Crippen molar-refractivity contribution < 1.29 is 9.90 Å². The molecule has 1 aliphatic carbocycles. The maximum atomic E-state index is 11.7. The molecular weight excluding hydrogens is 226 g/mol. The number of carbonyl (C=O) groups is 1. The molecule has 0 radical (unpaired) electrons. The topological polar surface area (TPSA) is 49.3 Å². The molecular formula is C15H25NO2. The van der Waals surface area contributed by atoms with Gasteiger partial charge in [0.05, 0.1) is 0 Å². The summed E-state index contributed by atoms with van der Waals surface area (Å²) in [6, 6.07) is 0.278. The lowest BCUT2D eigenvalue weighted by Gasteiger charge is -2.27. The molecule has 0 saturated heterocycles. The van der Waals surface area contributed by atoms with Crippen LogP contribution in [0.4, 0.5) is 0 Å². The molecule has 1 fully saturated rings. The molecule has 1 aliphatic rings. The van der Waals surface area contributed by atoms with E-state index in [9.17, 15) is 4.79 Å². The summed E-state index contributed by atoms with van der Waals surface area (Å²) in [7, 11) is 0. The van der Waals surface area contributed by atoms with Gasteiger partial charge in [-0.15, -0.1) is 0 Å². The summed E-state index contributed by atoms with van der Waals surface area (Å²) in [6.45, 7) is 4.34. The first-order valence-corrected chi connectivity index (χ1v) is 6.94. The number of hydrogen-bond donors (Lipinski definition) is 2. The Labute approximate surface area is 110 Å². The van der Waals surface area contributed by atoms with Gasteiger partial charge in [0.25, 0.3) is 0 Å². The zero-order chi connectivity index (χ0) is 13.4. The minimum atomic E-state index is -0.00440. The molecule has 3 nitrogen and oxygen atoms in total. The van der Waals surface area contributed by atoms with Gasteiger partial charge in [-0.05, 0) is 44.9 Å². The van der Waals surface area contributed by atoms with E-state index < -0.39 is 0 Å². The van der Waals surface area contributed by atoms with Crippen molar-refractivity contribution in [3.05, 3.63) is 23.8 Å². The molecule has 0 aromatic heterocycles. The summed E-state index contributed by atoms with van der Waals surface area (Å²) in [5.41, 5.74) is 1.18. The molecule has 0 unspecified atom stereocenters. The number of aliphatic hydroxyl groups is 1. The van der Waals surface area contributed by atoms with Crippen molar-refractivity contribution in [3.8, 4) is 0 Å². The van der Waals surface area contributed by atoms with E-state index in [1.54, 1.807) is 6.08 Å². The summed E-state index contributed by atoms with van der Waals surface area (Å²) in [4.78, 5) is 11.7. The molecule has 0 aliphatic heterocycles. The van der Waals surface area contributed by atoms with Crippen LogP contribution in [-0.2, 0) is 4.79 Å². The molecule has 102 valence electrons. The number of allylic oxidation sites excluding steroid dienone is 3. The number of nitrogens with one attached hydrogen (secondary N) is 1. The number of aliphatic hydroxyl groups excluding tert-OH is 1. The molecule has 18 heavy (non-hydrogen) atoms. The number of amides is 1. The Hall–Kier alpha value is -1.09. The summed E-state index contributed by atoms with van der Waals surface area (Å²) in [5, 5.41) is 12.1. The predicted molar refractivity (Wildman–Crippen MR) is 74.2 cm³/mol. The van der Waals surface area contributed by atoms with Crippen LogP contribution in [0.25, 0.3) is 0 Å². The number of carbonyl (C=O) groups excluding carboxylic acids is 1. The molecule has 0 atom stereocenters. The summed E-state index contributed by atoms with van der Waals surface area (Å²) in [6.07, 6.45) is 10.5.